The number of aliphatic hydroxyl groups excluding tert-OH is 2. The molecule has 3 aliphatic heterocycles. The van der Waals surface area contributed by atoms with Gasteiger partial charge >= 0.3 is 40.5 Å². The minimum absolute atomic E-state index is 0.192. The van der Waals surface area contributed by atoms with Gasteiger partial charge < -0.3 is 54.2 Å². The van der Waals surface area contributed by atoms with Crippen LogP contribution in [0.4, 0.5) is 5.82 Å². The quantitative estimate of drug-likeness (QED) is 0.0503. The molecule has 3 aliphatic rings. The predicted molar refractivity (Wildman–Crippen MR) is 225 cm³/mol. The number of hydrogen-bond donors (Lipinski definition) is 9. The van der Waals surface area contributed by atoms with E-state index < -0.39 is 159 Å². The highest BCUT2D eigenvalue weighted by Crippen LogP contribution is 2.53. The first-order valence-corrected chi connectivity index (χ1v) is 27.4. The van der Waals surface area contributed by atoms with Crippen molar-refractivity contribution in [3.8, 4) is 0 Å². The summed E-state index contributed by atoms with van der Waals surface area (Å²) in [7, 11) is -19.0. The zero-order valence-electron chi connectivity index (χ0n) is 36.0. The second-order valence-electron chi connectivity index (χ2n) is 16.9. The van der Waals surface area contributed by atoms with Crippen LogP contribution in [-0.4, -0.2) is 135 Å². The van der Waals surface area contributed by atoms with E-state index in [-0.39, 0.29) is 5.82 Å². The number of H-pyrrole nitrogens is 2. The molecule has 0 aliphatic carbocycles. The Balaban J connectivity index is 1.27. The van der Waals surface area contributed by atoms with Gasteiger partial charge in [-0.2, -0.15) is 4.98 Å². The summed E-state index contributed by atoms with van der Waals surface area (Å²) in [5, 5.41) is 20.8. The standard InChI is InChI=1S/C33H50N7O23P3Si/c1-33(2,3)67(4,5)63-27-26(62-66(53,54)56-14-18-24(43)25(44)28(59-18)39-11-8-22(42)37-32(39)47)19(60-29(27)40-9-6-20(34)35-30(40)45)15-57-65(51,52)61-16-12-23(38-10-7-21(41)36-31(38)46)58-17(16)13-55-64(48,49)50/h6-11,16-19,23-29,43-44H,12-15H2,1-5H3,(H,51,52)(H,53,54)(H2,34,35,45)(H,36,41,46)(H,37,42,47)(H2,48,49,50)/t16-,17+,18+,19+,23+,24+,25+,26+,27+,28+,29+/m0/s1/i64+1. The van der Waals surface area contributed by atoms with Crippen molar-refractivity contribution in [3.05, 3.63) is 89.0 Å². The highest BCUT2D eigenvalue weighted by atomic mass is 32.2. The molecular weight excluding hydrogens is 984 g/mol. The smallest absolute Gasteiger partial charge is 0.407 e. The zero-order chi connectivity index (χ0) is 49.6. The van der Waals surface area contributed by atoms with Crippen LogP contribution in [0, 0.1) is 0 Å². The molecule has 10 N–H and O–H groups in total. The lowest BCUT2D eigenvalue weighted by molar-refractivity contribution is -0.0640. The van der Waals surface area contributed by atoms with Gasteiger partial charge in [0.1, 0.15) is 60.9 Å². The minimum Gasteiger partial charge on any atom is -0.407 e. The van der Waals surface area contributed by atoms with Gasteiger partial charge in [-0.05, 0) is 24.2 Å². The number of nitrogens with one attached hydrogen (secondary N) is 2. The van der Waals surface area contributed by atoms with Crippen molar-refractivity contribution < 1.29 is 84.7 Å². The van der Waals surface area contributed by atoms with Crippen LogP contribution >= 0.6 is 23.5 Å². The average Bonchev–Trinajstić information content (AvgIpc) is 3.83. The van der Waals surface area contributed by atoms with Gasteiger partial charge in [-0.15, -0.1) is 0 Å². The van der Waals surface area contributed by atoms with Crippen molar-refractivity contribution in [2.24, 2.45) is 0 Å². The van der Waals surface area contributed by atoms with Crippen molar-refractivity contribution in [3.63, 3.8) is 0 Å². The molecule has 34 heteroatoms. The van der Waals surface area contributed by atoms with Crippen molar-refractivity contribution in [2.75, 3.05) is 25.6 Å². The second-order valence-corrected chi connectivity index (χ2v) is 25.7. The number of nitrogen functional groups attached to an aromatic ring is 1. The van der Waals surface area contributed by atoms with Gasteiger partial charge in [0.2, 0.25) is 0 Å². The molecule has 3 fully saturated rings. The maximum atomic E-state index is 13.9. The molecule has 0 radical (unpaired) electrons. The first-order chi connectivity index (χ1) is 30.9. The number of nitrogens with zero attached hydrogens (tertiary/aromatic N) is 4. The van der Waals surface area contributed by atoms with Gasteiger partial charge in [-0.3, -0.25) is 55.9 Å². The highest BCUT2D eigenvalue weighted by Gasteiger charge is 2.55. The summed E-state index contributed by atoms with van der Waals surface area (Å²) in [6, 6.07) is 3.14. The molecule has 13 atom stereocenters. The van der Waals surface area contributed by atoms with E-state index in [1.54, 1.807) is 13.1 Å². The topological polar surface area (TPSA) is 426 Å². The molecule has 0 aromatic carbocycles. The molecule has 0 saturated carbocycles. The van der Waals surface area contributed by atoms with Crippen LogP contribution in [0.3, 0.4) is 0 Å². The maximum Gasteiger partial charge on any atom is 0.472 e. The van der Waals surface area contributed by atoms with Crippen LogP contribution in [-0.2, 0) is 55.0 Å². The van der Waals surface area contributed by atoms with E-state index in [4.69, 9.17) is 42.5 Å². The van der Waals surface area contributed by atoms with Crippen LogP contribution < -0.4 is 33.9 Å². The van der Waals surface area contributed by atoms with E-state index in [0.29, 0.717) is 0 Å². The van der Waals surface area contributed by atoms with E-state index in [1.165, 1.54) is 12.3 Å². The molecule has 3 saturated heterocycles. The van der Waals surface area contributed by atoms with Gasteiger partial charge in [-0.25, -0.2) is 28.1 Å². The van der Waals surface area contributed by atoms with Gasteiger partial charge in [0.05, 0.1) is 19.8 Å². The summed E-state index contributed by atoms with van der Waals surface area (Å²) in [6.45, 7) is 6.10. The number of nitrogens with two attached hydrogens (primary N) is 1. The van der Waals surface area contributed by atoms with E-state index in [9.17, 15) is 67.5 Å². The third-order valence-corrected chi connectivity index (χ3v) is 18.1. The molecular formula is C33H50N7O23P3Si. The summed E-state index contributed by atoms with van der Waals surface area (Å²) in [5.74, 6) is -0.192. The Hall–Kier alpha value is -3.65. The first kappa shape index (κ1) is 52.7. The van der Waals surface area contributed by atoms with E-state index in [1.807, 2.05) is 30.7 Å². The molecule has 3 aromatic heterocycles. The number of ether oxygens (including phenoxy) is 3. The van der Waals surface area contributed by atoms with Gasteiger partial charge in [0, 0.05) is 37.1 Å². The summed E-state index contributed by atoms with van der Waals surface area (Å²) in [6.07, 6.45) is -15.3. The Morgan fingerprint density at radius 3 is 1.84 bits per heavy atom. The number of hydrogen-bond acceptors (Lipinski definition) is 21. The molecule has 6 heterocycles. The van der Waals surface area contributed by atoms with Crippen molar-refractivity contribution in [1.29, 1.82) is 0 Å². The Labute approximate surface area is 377 Å². The molecule has 6 rings (SSSR count). The van der Waals surface area contributed by atoms with Crippen LogP contribution in [0.25, 0.3) is 0 Å². The fraction of sp³-hybridized carbons (Fsp3) is 0.636. The van der Waals surface area contributed by atoms with E-state index in [2.05, 4.69) is 9.51 Å². The first-order valence-electron chi connectivity index (χ1n) is 19.9. The molecule has 0 spiro atoms. The Morgan fingerprint density at radius 1 is 0.731 bits per heavy atom. The summed E-state index contributed by atoms with van der Waals surface area (Å²) in [5.41, 5.74) is 1.22. The fourth-order valence-corrected chi connectivity index (χ4v) is 10.4. The number of rotatable bonds is 18. The molecule has 2 unspecified atom stereocenters. The van der Waals surface area contributed by atoms with Crippen LogP contribution in [0.15, 0.2) is 60.8 Å². The van der Waals surface area contributed by atoms with Crippen molar-refractivity contribution in [1.82, 2.24) is 28.7 Å². The fourth-order valence-electron chi connectivity index (χ4n) is 6.86. The lowest BCUT2D eigenvalue weighted by Crippen LogP contribution is -2.50. The summed E-state index contributed by atoms with van der Waals surface area (Å²) >= 11 is 0. The predicted octanol–water partition coefficient (Wildman–Crippen LogP) is -1.77. The Kier molecular flexibility index (Phi) is 15.7. The monoisotopic (exact) mass is 1030 g/mol. The minimum atomic E-state index is -5.45. The van der Waals surface area contributed by atoms with Crippen LogP contribution in [0.5, 0.6) is 0 Å². The zero-order valence-corrected chi connectivity index (χ0v) is 39.7. The van der Waals surface area contributed by atoms with Gasteiger partial charge in [0.15, 0.2) is 20.8 Å². The maximum absolute atomic E-state index is 13.9. The summed E-state index contributed by atoms with van der Waals surface area (Å²) in [4.78, 5) is 110. The normalized spacial score (nSPS) is 30.0. The van der Waals surface area contributed by atoms with Crippen LogP contribution in [0.2, 0.25) is 18.1 Å². The third-order valence-electron chi connectivity index (χ3n) is 11.2. The van der Waals surface area contributed by atoms with Crippen molar-refractivity contribution in [2.45, 2.75) is 113 Å². The van der Waals surface area contributed by atoms with Gasteiger partial charge in [-0.1, -0.05) is 20.8 Å². The summed E-state index contributed by atoms with van der Waals surface area (Å²) < 4.78 is 91.8. The van der Waals surface area contributed by atoms with Crippen molar-refractivity contribution >= 4 is 37.6 Å². The second kappa shape index (κ2) is 20.0. The number of anilines is 1. The van der Waals surface area contributed by atoms with Gasteiger partial charge in [0.25, 0.3) is 11.1 Å². The molecule has 0 amide bonds. The molecule has 3 aromatic rings. The highest BCUT2D eigenvalue weighted by molar-refractivity contribution is 7.47. The number of aliphatic hydroxyl groups is 2. The Bertz CT molecular complexity index is 2720. The number of phosphoric acid groups is 3. The van der Waals surface area contributed by atoms with E-state index in [0.717, 1.165) is 38.2 Å². The molecule has 374 valence electrons. The molecule has 67 heavy (non-hydrogen) atoms. The lowest BCUT2D eigenvalue weighted by Gasteiger charge is -2.40. The lowest BCUT2D eigenvalue weighted by atomic mass is 10.1. The SMILES string of the molecule is CC(C)(C)[Si](C)(C)O[C@@H]1[C@H](OP(=O)(O)OC[C@H]2O[C@@H](n3ccc(=O)[nH]c3=O)[C@H](O)[C@@H]2O)[C@@H](COP(=O)(O)O[C@H]2C[C@H](n3ccc(=O)[nH]c3=O)O[C@@H]2CO[32P](=O)(O)O)O[C@H]1n1ccc(N)nc1=O. The number of phosphoric ester groups is 3. The number of aromatic nitrogens is 6. The average molecular weight is 1030 g/mol. The molecule has 30 nitrogen and oxygen atoms in total. The van der Waals surface area contributed by atoms with Crippen LogP contribution in [0.1, 0.15) is 45.9 Å². The third kappa shape index (κ3) is 12.8. The Morgan fingerprint density at radius 2 is 1.27 bits per heavy atom. The van der Waals surface area contributed by atoms with E-state index >= 15 is 0 Å². The largest absolute Gasteiger partial charge is 0.472 e. The number of aromatic amines is 2. The molecule has 0 bridgehead atoms.